The van der Waals surface area contributed by atoms with Gasteiger partial charge in [0, 0.05) is 16.7 Å². The summed E-state index contributed by atoms with van der Waals surface area (Å²) >= 11 is 1.12. The number of ketones is 2. The van der Waals surface area contributed by atoms with Crippen molar-refractivity contribution >= 4 is 28.5 Å². The second kappa shape index (κ2) is 5.43. The van der Waals surface area contributed by atoms with Crippen LogP contribution in [-0.2, 0) is 0 Å². The molecule has 2 N–H and O–H groups in total. The molecule has 0 bridgehead atoms. The van der Waals surface area contributed by atoms with Gasteiger partial charge in [-0.25, -0.2) is 0 Å². The van der Waals surface area contributed by atoms with E-state index in [1.54, 1.807) is 18.2 Å². The number of phenolic OH excluding ortho intramolecular Hbond substituents is 2. The van der Waals surface area contributed by atoms with Gasteiger partial charge in [0.05, 0.1) is 9.75 Å². The van der Waals surface area contributed by atoms with Crippen molar-refractivity contribution in [2.75, 3.05) is 0 Å². The van der Waals surface area contributed by atoms with Crippen LogP contribution in [0.4, 0.5) is 0 Å². The van der Waals surface area contributed by atoms with E-state index in [9.17, 15) is 19.8 Å². The minimum Gasteiger partial charge on any atom is -0.504 e. The number of hydrogen-bond acceptors (Lipinski definition) is 5. The van der Waals surface area contributed by atoms with Crippen molar-refractivity contribution in [2.24, 2.45) is 0 Å². The molecular weight excluding hydrogens is 336 g/mol. The molecule has 122 valence electrons. The summed E-state index contributed by atoms with van der Waals surface area (Å²) in [7, 11) is 0. The third-order valence-electron chi connectivity index (χ3n) is 4.22. The smallest absolute Gasteiger partial charge is 0.204 e. The van der Waals surface area contributed by atoms with Gasteiger partial charge in [-0.15, -0.1) is 11.3 Å². The van der Waals surface area contributed by atoms with E-state index >= 15 is 0 Å². The minimum atomic E-state index is -0.361. The average Bonchev–Trinajstić information content (AvgIpc) is 3.07. The molecule has 1 aliphatic carbocycles. The number of rotatable bonds is 2. The van der Waals surface area contributed by atoms with Gasteiger partial charge in [-0.05, 0) is 35.4 Å². The van der Waals surface area contributed by atoms with E-state index in [4.69, 9.17) is 0 Å². The Bertz CT molecular complexity index is 1020. The van der Waals surface area contributed by atoms with E-state index < -0.39 is 0 Å². The lowest BCUT2D eigenvalue weighted by Crippen LogP contribution is -2.10. The van der Waals surface area contributed by atoms with E-state index in [-0.39, 0.29) is 28.6 Å². The molecule has 1 aliphatic rings. The molecule has 0 aliphatic heterocycles. The van der Waals surface area contributed by atoms with Crippen LogP contribution in [0.2, 0.25) is 0 Å². The first-order valence-electron chi connectivity index (χ1n) is 7.51. The van der Waals surface area contributed by atoms with Gasteiger partial charge in [0.1, 0.15) is 0 Å². The zero-order valence-corrected chi connectivity index (χ0v) is 13.8. The van der Waals surface area contributed by atoms with Gasteiger partial charge >= 0.3 is 0 Å². The van der Waals surface area contributed by atoms with Gasteiger partial charge in [-0.3, -0.25) is 9.59 Å². The molecular formula is C20H12O4S. The van der Waals surface area contributed by atoms with Crippen LogP contribution in [0.5, 0.6) is 11.5 Å². The summed E-state index contributed by atoms with van der Waals surface area (Å²) in [5.41, 5.74) is 2.99. The summed E-state index contributed by atoms with van der Waals surface area (Å²) in [4.78, 5) is 26.3. The molecule has 0 atom stereocenters. The van der Waals surface area contributed by atoms with Crippen molar-refractivity contribution in [3.8, 4) is 11.5 Å². The number of hydrogen-bond donors (Lipinski definition) is 2. The number of benzene rings is 2. The first-order chi connectivity index (χ1) is 12.0. The lowest BCUT2D eigenvalue weighted by atomic mass is 9.86. The minimum absolute atomic E-state index is 0.115. The molecule has 4 nitrogen and oxygen atoms in total. The molecule has 0 fully saturated rings. The maximum absolute atomic E-state index is 12.7. The van der Waals surface area contributed by atoms with Gasteiger partial charge in [0.15, 0.2) is 11.5 Å². The maximum Gasteiger partial charge on any atom is 0.204 e. The highest BCUT2D eigenvalue weighted by Crippen LogP contribution is 2.40. The van der Waals surface area contributed by atoms with Crippen LogP contribution in [0.1, 0.15) is 41.6 Å². The van der Waals surface area contributed by atoms with Crippen molar-refractivity contribution in [3.63, 3.8) is 0 Å². The van der Waals surface area contributed by atoms with Crippen molar-refractivity contribution < 1.29 is 19.8 Å². The molecule has 1 heterocycles. The summed E-state index contributed by atoms with van der Waals surface area (Å²) in [6.07, 6.45) is 0. The highest BCUT2D eigenvalue weighted by molar-refractivity contribution is 7.16. The monoisotopic (exact) mass is 348 g/mol. The average molecular weight is 348 g/mol. The Hall–Kier alpha value is -3.18. The van der Waals surface area contributed by atoms with E-state index in [2.05, 4.69) is 6.58 Å². The molecule has 0 saturated heterocycles. The summed E-state index contributed by atoms with van der Waals surface area (Å²) in [5.74, 6) is -1.09. The number of aromatic hydroxyl groups is 2. The Labute approximate surface area is 147 Å². The predicted molar refractivity (Wildman–Crippen MR) is 95.5 cm³/mol. The molecule has 3 aromatic rings. The van der Waals surface area contributed by atoms with E-state index in [1.807, 2.05) is 12.1 Å². The third kappa shape index (κ3) is 2.28. The second-order valence-electron chi connectivity index (χ2n) is 5.74. The Kier molecular flexibility index (Phi) is 3.33. The number of fused-ring (bicyclic) bond motifs is 2. The molecule has 0 amide bonds. The van der Waals surface area contributed by atoms with Crippen molar-refractivity contribution in [1.29, 1.82) is 0 Å². The number of carbonyl (C=O) groups is 2. The Morgan fingerprint density at radius 3 is 2.36 bits per heavy atom. The molecule has 5 heteroatoms. The highest BCUT2D eigenvalue weighted by atomic mass is 32.1. The van der Waals surface area contributed by atoms with Gasteiger partial charge in [0.2, 0.25) is 11.6 Å². The Balaban J connectivity index is 1.80. The second-order valence-corrected chi connectivity index (χ2v) is 6.79. The topological polar surface area (TPSA) is 74.6 Å². The van der Waals surface area contributed by atoms with Crippen molar-refractivity contribution in [2.45, 2.75) is 0 Å². The van der Waals surface area contributed by atoms with Gasteiger partial charge < -0.3 is 10.2 Å². The zero-order chi connectivity index (χ0) is 17.7. The van der Waals surface area contributed by atoms with Crippen molar-refractivity contribution in [3.05, 3.63) is 87.1 Å². The van der Waals surface area contributed by atoms with Crippen LogP contribution in [0.3, 0.4) is 0 Å². The fraction of sp³-hybridized carbons (Fsp3) is 0. The SMILES string of the molecule is C=C1c2ccccc2C(=O)c2sc(C(=O)c3ccc(O)c(O)c3)cc21. The van der Waals surface area contributed by atoms with Crippen LogP contribution in [0.25, 0.3) is 5.57 Å². The summed E-state index contributed by atoms with van der Waals surface area (Å²) in [6, 6.07) is 12.8. The number of phenols is 2. The first-order valence-corrected chi connectivity index (χ1v) is 8.33. The maximum atomic E-state index is 12.7. The van der Waals surface area contributed by atoms with E-state index in [0.717, 1.165) is 16.9 Å². The standard InChI is InChI=1S/C20H12O4S/c1-10-12-4-2-3-5-13(12)19(24)20-14(10)9-17(25-20)18(23)11-6-7-15(21)16(22)8-11/h2-9,21-22H,1H2. The van der Waals surface area contributed by atoms with Crippen LogP contribution in [0.15, 0.2) is 55.1 Å². The van der Waals surface area contributed by atoms with Gasteiger partial charge in [-0.2, -0.15) is 0 Å². The van der Waals surface area contributed by atoms with Gasteiger partial charge in [-0.1, -0.05) is 30.8 Å². The zero-order valence-electron chi connectivity index (χ0n) is 12.9. The largest absolute Gasteiger partial charge is 0.504 e. The number of thiophene rings is 1. The summed E-state index contributed by atoms with van der Waals surface area (Å²) < 4.78 is 0. The van der Waals surface area contributed by atoms with E-state index in [0.29, 0.717) is 26.5 Å². The molecule has 0 radical (unpaired) electrons. The van der Waals surface area contributed by atoms with Gasteiger partial charge in [0.25, 0.3) is 0 Å². The third-order valence-corrected chi connectivity index (χ3v) is 5.35. The lowest BCUT2D eigenvalue weighted by Gasteiger charge is -2.16. The Morgan fingerprint density at radius 1 is 0.920 bits per heavy atom. The molecule has 2 aromatic carbocycles. The molecule has 1 aromatic heterocycles. The quantitative estimate of drug-likeness (QED) is 0.424. The number of carbonyl (C=O) groups excluding carboxylic acids is 2. The van der Waals surface area contributed by atoms with Crippen molar-refractivity contribution in [1.82, 2.24) is 0 Å². The Morgan fingerprint density at radius 2 is 1.64 bits per heavy atom. The molecule has 0 saturated carbocycles. The predicted octanol–water partition coefficient (Wildman–Crippen LogP) is 4.00. The van der Waals surface area contributed by atoms with Crippen LogP contribution in [-0.4, -0.2) is 21.8 Å². The van der Waals surface area contributed by atoms with Crippen LogP contribution in [0, 0.1) is 0 Å². The van der Waals surface area contributed by atoms with E-state index in [1.165, 1.54) is 18.2 Å². The fourth-order valence-electron chi connectivity index (χ4n) is 2.91. The lowest BCUT2D eigenvalue weighted by molar-refractivity contribution is 0.103. The summed E-state index contributed by atoms with van der Waals surface area (Å²) in [6.45, 7) is 4.07. The fourth-order valence-corrected chi connectivity index (χ4v) is 4.02. The molecule has 4 rings (SSSR count). The van der Waals surface area contributed by atoms with Crippen LogP contribution < -0.4 is 0 Å². The molecule has 0 spiro atoms. The molecule has 0 unspecified atom stereocenters. The summed E-state index contributed by atoms with van der Waals surface area (Å²) in [5, 5.41) is 19.0. The normalized spacial score (nSPS) is 12.6. The van der Waals surface area contributed by atoms with Crippen LogP contribution >= 0.6 is 11.3 Å². The first kappa shape index (κ1) is 15.4. The highest BCUT2D eigenvalue weighted by Gasteiger charge is 2.29. The molecule has 25 heavy (non-hydrogen) atoms.